The van der Waals surface area contributed by atoms with Crippen molar-refractivity contribution in [3.63, 3.8) is 0 Å². The van der Waals surface area contributed by atoms with E-state index in [-0.39, 0.29) is 5.91 Å². The predicted octanol–water partition coefficient (Wildman–Crippen LogP) is 2.03. The van der Waals surface area contributed by atoms with Gasteiger partial charge in [0, 0.05) is 18.6 Å². The molecule has 0 aromatic carbocycles. The highest BCUT2D eigenvalue weighted by atomic mass is 16.1. The number of primary amides is 1. The second kappa shape index (κ2) is 6.25. The molecule has 4 heteroatoms. The molecule has 0 spiro atoms. The topological polar surface area (TPSA) is 58.4 Å². The zero-order chi connectivity index (χ0) is 14.9. The zero-order valence-electron chi connectivity index (χ0n) is 13.4. The second-order valence-corrected chi connectivity index (χ2v) is 7.71. The smallest absolute Gasteiger partial charge is 0.237 e. The van der Waals surface area contributed by atoms with Crippen molar-refractivity contribution in [2.75, 3.05) is 13.6 Å². The largest absolute Gasteiger partial charge is 0.368 e. The van der Waals surface area contributed by atoms with E-state index in [4.69, 9.17) is 5.73 Å². The summed E-state index contributed by atoms with van der Waals surface area (Å²) in [6.45, 7) is 1.20. The Morgan fingerprint density at radius 1 is 1.19 bits per heavy atom. The Morgan fingerprint density at radius 2 is 1.90 bits per heavy atom. The zero-order valence-corrected chi connectivity index (χ0v) is 13.4. The Bertz CT molecular complexity index is 376. The molecule has 0 radical (unpaired) electrons. The number of nitrogens with two attached hydrogens (primary N) is 1. The van der Waals surface area contributed by atoms with Gasteiger partial charge in [-0.2, -0.15) is 0 Å². The van der Waals surface area contributed by atoms with E-state index in [1.807, 2.05) is 0 Å². The highest BCUT2D eigenvalue weighted by Gasteiger charge is 2.47. The van der Waals surface area contributed by atoms with Gasteiger partial charge in [-0.25, -0.2) is 0 Å². The molecular formula is C17H31N3O. The Hall–Kier alpha value is -0.610. The summed E-state index contributed by atoms with van der Waals surface area (Å²) in [5.74, 6) is 0.728. The highest BCUT2D eigenvalue weighted by molar-refractivity contribution is 5.85. The van der Waals surface area contributed by atoms with E-state index in [1.54, 1.807) is 0 Å². The molecule has 0 aromatic heterocycles. The molecule has 3 saturated carbocycles. The third-order valence-corrected chi connectivity index (χ3v) is 5.91. The highest BCUT2D eigenvalue weighted by Crippen LogP contribution is 2.36. The minimum absolute atomic E-state index is 0.136. The van der Waals surface area contributed by atoms with Crippen molar-refractivity contribution < 1.29 is 4.79 Å². The number of amides is 1. The van der Waals surface area contributed by atoms with Gasteiger partial charge in [-0.1, -0.05) is 19.3 Å². The Balaban J connectivity index is 1.55. The summed E-state index contributed by atoms with van der Waals surface area (Å²) in [6.07, 6.45) is 12.3. The second-order valence-electron chi connectivity index (χ2n) is 7.71. The van der Waals surface area contributed by atoms with E-state index in [0.717, 1.165) is 25.2 Å². The summed E-state index contributed by atoms with van der Waals surface area (Å²) in [6, 6.07) is 1.06. The Morgan fingerprint density at radius 3 is 2.52 bits per heavy atom. The molecule has 120 valence electrons. The van der Waals surface area contributed by atoms with Crippen molar-refractivity contribution in [2.24, 2.45) is 11.7 Å². The number of hydrogen-bond acceptors (Lipinski definition) is 3. The lowest BCUT2D eigenvalue weighted by atomic mass is 9.88. The lowest BCUT2D eigenvalue weighted by molar-refractivity contribution is -0.124. The minimum atomic E-state index is -0.424. The number of nitrogens with zero attached hydrogens (tertiary/aromatic N) is 1. The molecule has 3 fully saturated rings. The third kappa shape index (κ3) is 3.59. The Labute approximate surface area is 128 Å². The summed E-state index contributed by atoms with van der Waals surface area (Å²) in [4.78, 5) is 14.5. The summed E-state index contributed by atoms with van der Waals surface area (Å²) < 4.78 is 0. The van der Waals surface area contributed by atoms with Crippen LogP contribution in [0.4, 0.5) is 0 Å². The van der Waals surface area contributed by atoms with Crippen molar-refractivity contribution in [1.29, 1.82) is 0 Å². The van der Waals surface area contributed by atoms with Crippen LogP contribution in [-0.4, -0.2) is 42.0 Å². The van der Waals surface area contributed by atoms with Gasteiger partial charge in [-0.3, -0.25) is 4.79 Å². The quantitative estimate of drug-likeness (QED) is 0.788. The van der Waals surface area contributed by atoms with E-state index in [2.05, 4.69) is 17.3 Å². The number of carbonyl (C=O) groups excluding carboxylic acids is 1. The van der Waals surface area contributed by atoms with Gasteiger partial charge >= 0.3 is 0 Å². The van der Waals surface area contributed by atoms with Crippen LogP contribution < -0.4 is 11.1 Å². The fourth-order valence-electron chi connectivity index (χ4n) is 4.37. The molecule has 21 heavy (non-hydrogen) atoms. The van der Waals surface area contributed by atoms with E-state index >= 15 is 0 Å². The van der Waals surface area contributed by atoms with Gasteiger partial charge in [0.15, 0.2) is 0 Å². The first-order valence-corrected chi connectivity index (χ1v) is 8.87. The Kier molecular flexibility index (Phi) is 4.55. The molecule has 3 aliphatic rings. The monoisotopic (exact) mass is 293 g/mol. The van der Waals surface area contributed by atoms with Crippen LogP contribution in [-0.2, 0) is 4.79 Å². The fourth-order valence-corrected chi connectivity index (χ4v) is 4.37. The molecule has 3 rings (SSSR count). The fraction of sp³-hybridized carbons (Fsp3) is 0.941. The summed E-state index contributed by atoms with van der Waals surface area (Å²) in [5.41, 5.74) is 5.31. The van der Waals surface area contributed by atoms with Crippen LogP contribution in [0.3, 0.4) is 0 Å². The van der Waals surface area contributed by atoms with Crippen LogP contribution in [0.15, 0.2) is 0 Å². The third-order valence-electron chi connectivity index (χ3n) is 5.91. The van der Waals surface area contributed by atoms with Crippen LogP contribution in [0.1, 0.15) is 64.2 Å². The molecule has 0 aromatic rings. The van der Waals surface area contributed by atoms with Gasteiger partial charge in [0.2, 0.25) is 5.91 Å². The summed E-state index contributed by atoms with van der Waals surface area (Å²) in [5, 5.41) is 3.55. The maximum absolute atomic E-state index is 12.0. The predicted molar refractivity (Wildman–Crippen MR) is 84.9 cm³/mol. The first-order valence-electron chi connectivity index (χ1n) is 8.87. The molecule has 0 saturated heterocycles. The van der Waals surface area contributed by atoms with Crippen molar-refractivity contribution in [3.8, 4) is 0 Å². The average Bonchev–Trinajstić information content (AvgIpc) is 3.16. The van der Waals surface area contributed by atoms with Gasteiger partial charge in [-0.15, -0.1) is 0 Å². The average molecular weight is 293 g/mol. The number of hydrogen-bond donors (Lipinski definition) is 2. The molecular weight excluding hydrogens is 262 g/mol. The molecule has 3 aliphatic carbocycles. The van der Waals surface area contributed by atoms with E-state index in [9.17, 15) is 4.79 Å². The van der Waals surface area contributed by atoms with Crippen LogP contribution in [0.25, 0.3) is 0 Å². The van der Waals surface area contributed by atoms with Crippen molar-refractivity contribution in [1.82, 2.24) is 10.2 Å². The molecule has 0 aliphatic heterocycles. The van der Waals surface area contributed by atoms with Gasteiger partial charge < -0.3 is 16.0 Å². The first-order chi connectivity index (χ1) is 10.1. The lowest BCUT2D eigenvalue weighted by Crippen LogP contribution is -2.55. The van der Waals surface area contributed by atoms with E-state index in [1.165, 1.54) is 51.5 Å². The summed E-state index contributed by atoms with van der Waals surface area (Å²) >= 11 is 0. The van der Waals surface area contributed by atoms with Crippen LogP contribution >= 0.6 is 0 Å². The van der Waals surface area contributed by atoms with Crippen molar-refractivity contribution >= 4 is 5.91 Å². The van der Waals surface area contributed by atoms with Gasteiger partial charge in [0.05, 0.1) is 5.54 Å². The molecule has 1 amide bonds. The summed E-state index contributed by atoms with van der Waals surface area (Å²) in [7, 11) is 2.24. The number of carbonyl (C=O) groups is 1. The van der Waals surface area contributed by atoms with Gasteiger partial charge in [0.25, 0.3) is 0 Å². The van der Waals surface area contributed by atoms with Gasteiger partial charge in [0.1, 0.15) is 0 Å². The molecule has 2 atom stereocenters. The standard InChI is InChI=1S/C17H31N3O/c1-20(12-13-5-3-2-4-6-13)15-9-10-17(11-15,16(18)21)19-14-7-8-14/h13-15,19H,2-12H2,1H3,(H2,18,21). The van der Waals surface area contributed by atoms with Crippen LogP contribution in [0, 0.1) is 5.92 Å². The normalized spacial score (nSPS) is 34.5. The lowest BCUT2D eigenvalue weighted by Gasteiger charge is -2.32. The maximum Gasteiger partial charge on any atom is 0.237 e. The van der Waals surface area contributed by atoms with Crippen molar-refractivity contribution in [2.45, 2.75) is 81.8 Å². The van der Waals surface area contributed by atoms with Crippen LogP contribution in [0.5, 0.6) is 0 Å². The van der Waals surface area contributed by atoms with Crippen molar-refractivity contribution in [3.05, 3.63) is 0 Å². The minimum Gasteiger partial charge on any atom is -0.368 e. The van der Waals surface area contributed by atoms with E-state index in [0.29, 0.717) is 12.1 Å². The number of rotatable bonds is 6. The molecule has 4 nitrogen and oxygen atoms in total. The first kappa shape index (κ1) is 15.3. The molecule has 0 bridgehead atoms. The molecule has 2 unspecified atom stereocenters. The number of nitrogens with one attached hydrogen (secondary N) is 1. The molecule has 0 heterocycles. The molecule has 3 N–H and O–H groups in total. The van der Waals surface area contributed by atoms with Gasteiger partial charge in [-0.05, 0) is 57.9 Å². The van der Waals surface area contributed by atoms with E-state index < -0.39 is 5.54 Å². The van der Waals surface area contributed by atoms with Crippen LogP contribution in [0.2, 0.25) is 0 Å². The maximum atomic E-state index is 12.0. The SMILES string of the molecule is CN(CC1CCCCC1)C1CCC(NC2CC2)(C(N)=O)C1.